The number of unbranched alkanes of at least 4 members (excludes halogenated alkanes) is 2. The van der Waals surface area contributed by atoms with Gasteiger partial charge in [-0.3, -0.25) is 9.79 Å². The van der Waals surface area contributed by atoms with E-state index in [0.717, 1.165) is 28.8 Å². The second-order valence-electron chi connectivity index (χ2n) is 13.2. The number of aliphatic imine (C=N–C) groups is 1. The molecular formula is C46H46N2O13. The van der Waals surface area contributed by atoms with Gasteiger partial charge in [-0.2, -0.15) is 0 Å². The number of carbonyl (C=O) groups is 6. The van der Waals surface area contributed by atoms with Crippen molar-refractivity contribution < 1.29 is 61.9 Å². The molecule has 15 nitrogen and oxygen atoms in total. The molecule has 0 aliphatic rings. The highest BCUT2D eigenvalue weighted by atomic mass is 16.7. The van der Waals surface area contributed by atoms with Gasteiger partial charge in [-0.25, -0.2) is 24.0 Å². The minimum absolute atomic E-state index is 0.0800. The number of ether oxygens (including phenoxy) is 7. The maximum atomic E-state index is 13.0. The molecule has 0 atom stereocenters. The van der Waals surface area contributed by atoms with Crippen molar-refractivity contribution in [2.75, 3.05) is 31.7 Å². The van der Waals surface area contributed by atoms with Gasteiger partial charge >= 0.3 is 30.2 Å². The van der Waals surface area contributed by atoms with Crippen LogP contribution in [0.1, 0.15) is 68.7 Å². The Bertz CT molecular complexity index is 2250. The molecule has 0 heterocycles. The SMILES string of the molecule is C=CC(=O)OCCCCOC(=O)Oc1ccc(C(=O)Nc2cc(C)c(N=Cc3ccc(OC(=O)c4ccc(OC(=O)OCCCCOC(=O)C=C)cc4)c(C)c3)cc2C)cc1. The van der Waals surface area contributed by atoms with E-state index < -0.39 is 30.2 Å². The van der Waals surface area contributed by atoms with Crippen molar-refractivity contribution >= 4 is 53.7 Å². The van der Waals surface area contributed by atoms with Gasteiger partial charge in [0.2, 0.25) is 0 Å². The van der Waals surface area contributed by atoms with Gasteiger partial charge in [0, 0.05) is 29.6 Å². The second-order valence-corrected chi connectivity index (χ2v) is 13.2. The number of hydrogen-bond donors (Lipinski definition) is 1. The third kappa shape index (κ3) is 15.6. The average molecular weight is 835 g/mol. The van der Waals surface area contributed by atoms with Crippen LogP contribution in [0.15, 0.2) is 109 Å². The lowest BCUT2D eigenvalue weighted by molar-refractivity contribution is -0.138. The lowest BCUT2D eigenvalue weighted by Gasteiger charge is -2.12. The molecule has 4 rings (SSSR count). The summed E-state index contributed by atoms with van der Waals surface area (Å²) < 4.78 is 35.7. The van der Waals surface area contributed by atoms with E-state index in [0.29, 0.717) is 53.9 Å². The molecular weight excluding hydrogens is 789 g/mol. The normalized spacial score (nSPS) is 10.5. The maximum absolute atomic E-state index is 13.0. The lowest BCUT2D eigenvalue weighted by atomic mass is 10.1. The number of anilines is 1. The Hall–Kier alpha value is -7.55. The topological polar surface area (TPSA) is 191 Å². The van der Waals surface area contributed by atoms with Crippen molar-refractivity contribution in [2.24, 2.45) is 4.99 Å². The standard InChI is InChI=1S/C46H46N2O13/c1-6-41(49)55-22-8-10-24-57-45(53)59-36-17-13-34(14-18-36)43(51)48-39-28-30(3)38(27-31(39)4)47-29-33-12-21-40(32(5)26-33)61-44(52)35-15-19-37(20-16-35)60-46(54)58-25-11-9-23-56-42(50)7-2/h6-7,12-21,26-29H,1-2,8-11,22-25H2,3-5H3,(H,48,51). The van der Waals surface area contributed by atoms with E-state index in [1.807, 2.05) is 32.0 Å². The van der Waals surface area contributed by atoms with Crippen molar-refractivity contribution in [3.63, 3.8) is 0 Å². The highest BCUT2D eigenvalue weighted by molar-refractivity contribution is 6.05. The summed E-state index contributed by atoms with van der Waals surface area (Å²) in [6, 6.07) is 20.8. The first-order valence-electron chi connectivity index (χ1n) is 19.1. The van der Waals surface area contributed by atoms with E-state index in [4.69, 9.17) is 33.2 Å². The first-order valence-corrected chi connectivity index (χ1v) is 19.1. The molecule has 61 heavy (non-hydrogen) atoms. The molecule has 0 aromatic heterocycles. The van der Waals surface area contributed by atoms with Gasteiger partial charge in [-0.15, -0.1) is 0 Å². The predicted molar refractivity (Wildman–Crippen MR) is 225 cm³/mol. The Balaban J connectivity index is 1.23. The monoisotopic (exact) mass is 834 g/mol. The molecule has 318 valence electrons. The van der Waals surface area contributed by atoms with Crippen LogP contribution in [0.4, 0.5) is 21.0 Å². The number of amides is 1. The molecule has 0 aliphatic carbocycles. The van der Waals surface area contributed by atoms with Crippen LogP contribution in [0, 0.1) is 20.8 Å². The van der Waals surface area contributed by atoms with Crippen LogP contribution in [0.25, 0.3) is 0 Å². The summed E-state index contributed by atoms with van der Waals surface area (Å²) in [5.74, 6) is -1.25. The zero-order valence-corrected chi connectivity index (χ0v) is 34.1. The van der Waals surface area contributed by atoms with Crippen molar-refractivity contribution in [3.05, 3.63) is 138 Å². The van der Waals surface area contributed by atoms with Crippen LogP contribution in [0.2, 0.25) is 0 Å². The summed E-state index contributed by atoms with van der Waals surface area (Å²) in [5.41, 5.74) is 4.93. The van der Waals surface area contributed by atoms with E-state index in [2.05, 4.69) is 23.5 Å². The Morgan fingerprint density at radius 2 is 1.08 bits per heavy atom. The summed E-state index contributed by atoms with van der Waals surface area (Å²) in [6.45, 7) is 12.7. The average Bonchev–Trinajstić information content (AvgIpc) is 3.25. The zero-order chi connectivity index (χ0) is 44.1. The van der Waals surface area contributed by atoms with Crippen LogP contribution in [0.5, 0.6) is 17.2 Å². The predicted octanol–water partition coefficient (Wildman–Crippen LogP) is 8.88. The largest absolute Gasteiger partial charge is 0.513 e. The number of benzene rings is 4. The minimum atomic E-state index is -0.906. The second kappa shape index (κ2) is 23.8. The lowest BCUT2D eigenvalue weighted by Crippen LogP contribution is -2.14. The van der Waals surface area contributed by atoms with Gasteiger partial charge in [0.15, 0.2) is 0 Å². The molecule has 0 unspecified atom stereocenters. The summed E-state index contributed by atoms with van der Waals surface area (Å²) in [6.07, 6.45) is 3.99. The number of rotatable bonds is 20. The van der Waals surface area contributed by atoms with Gasteiger partial charge in [0.1, 0.15) is 17.2 Å². The first kappa shape index (κ1) is 46.1. The molecule has 4 aromatic rings. The quantitative estimate of drug-likeness (QED) is 0.0169. The van der Waals surface area contributed by atoms with Crippen LogP contribution in [-0.2, 0) is 28.5 Å². The molecule has 0 radical (unpaired) electrons. The van der Waals surface area contributed by atoms with E-state index in [-0.39, 0.29) is 49.4 Å². The van der Waals surface area contributed by atoms with Crippen LogP contribution in [0.3, 0.4) is 0 Å². The van der Waals surface area contributed by atoms with Crippen LogP contribution < -0.4 is 19.5 Å². The van der Waals surface area contributed by atoms with Gasteiger partial charge in [-0.1, -0.05) is 13.2 Å². The highest BCUT2D eigenvalue weighted by Gasteiger charge is 2.14. The Kier molecular flexibility index (Phi) is 18.0. The van der Waals surface area contributed by atoms with E-state index in [9.17, 15) is 28.8 Å². The van der Waals surface area contributed by atoms with Gasteiger partial charge < -0.3 is 38.5 Å². The summed E-state index contributed by atoms with van der Waals surface area (Å²) in [4.78, 5) is 76.6. The van der Waals surface area contributed by atoms with Crippen LogP contribution >= 0.6 is 0 Å². The molecule has 15 heteroatoms. The fourth-order valence-corrected chi connectivity index (χ4v) is 5.21. The summed E-state index contributed by atoms with van der Waals surface area (Å²) >= 11 is 0. The first-order chi connectivity index (χ1) is 29.3. The number of nitrogens with zero attached hydrogens (tertiary/aromatic N) is 1. The fourth-order valence-electron chi connectivity index (χ4n) is 5.21. The van der Waals surface area contributed by atoms with Gasteiger partial charge in [0.05, 0.1) is 37.7 Å². The fraction of sp³-hybridized carbons (Fsp3) is 0.239. The number of hydrogen-bond acceptors (Lipinski definition) is 14. The number of nitrogens with one attached hydrogen (secondary N) is 1. The zero-order valence-electron chi connectivity index (χ0n) is 34.1. The maximum Gasteiger partial charge on any atom is 0.513 e. The third-order valence-corrected chi connectivity index (χ3v) is 8.49. The van der Waals surface area contributed by atoms with Crippen molar-refractivity contribution in [2.45, 2.75) is 46.5 Å². The third-order valence-electron chi connectivity index (χ3n) is 8.49. The number of aryl methyl sites for hydroxylation is 3. The molecule has 0 spiro atoms. The Morgan fingerprint density at radius 1 is 0.574 bits per heavy atom. The Labute approximate surface area is 352 Å². The molecule has 0 bridgehead atoms. The number of carbonyl (C=O) groups excluding carboxylic acids is 6. The summed E-state index contributed by atoms with van der Waals surface area (Å²) in [5, 5.41) is 2.91. The smallest absolute Gasteiger partial charge is 0.463 e. The van der Waals surface area contributed by atoms with E-state index >= 15 is 0 Å². The molecule has 0 aliphatic heterocycles. The molecule has 1 amide bonds. The summed E-state index contributed by atoms with van der Waals surface area (Å²) in [7, 11) is 0. The number of esters is 3. The van der Waals surface area contributed by atoms with Gasteiger partial charge in [-0.05, 0) is 148 Å². The molecule has 0 saturated heterocycles. The minimum Gasteiger partial charge on any atom is -0.463 e. The molecule has 0 saturated carbocycles. The molecule has 0 fully saturated rings. The highest BCUT2D eigenvalue weighted by Crippen LogP contribution is 2.28. The van der Waals surface area contributed by atoms with Crippen LogP contribution in [-0.4, -0.2) is 68.8 Å². The Morgan fingerprint density at radius 3 is 1.59 bits per heavy atom. The van der Waals surface area contributed by atoms with Crippen molar-refractivity contribution in [3.8, 4) is 17.2 Å². The van der Waals surface area contributed by atoms with E-state index in [1.165, 1.54) is 48.5 Å². The van der Waals surface area contributed by atoms with Gasteiger partial charge in [0.25, 0.3) is 5.91 Å². The van der Waals surface area contributed by atoms with E-state index in [1.54, 1.807) is 25.3 Å². The van der Waals surface area contributed by atoms with Crippen molar-refractivity contribution in [1.82, 2.24) is 0 Å². The van der Waals surface area contributed by atoms with Crippen molar-refractivity contribution in [1.29, 1.82) is 0 Å². The molecule has 1 N–H and O–H groups in total. The molecule has 4 aromatic carbocycles.